The van der Waals surface area contributed by atoms with Gasteiger partial charge in [0.25, 0.3) is 0 Å². The van der Waals surface area contributed by atoms with Gasteiger partial charge in [-0.1, -0.05) is 18.2 Å². The Kier molecular flexibility index (Phi) is 7.99. The molecule has 0 aromatic heterocycles. The van der Waals surface area contributed by atoms with Gasteiger partial charge in [-0.25, -0.2) is 4.79 Å². The molecule has 0 saturated heterocycles. The van der Waals surface area contributed by atoms with Gasteiger partial charge in [-0.05, 0) is 62.6 Å². The quantitative estimate of drug-likeness (QED) is 0.494. The molecule has 2 atom stereocenters. The number of rotatable bonds is 9. The van der Waals surface area contributed by atoms with Crippen molar-refractivity contribution in [3.63, 3.8) is 0 Å². The summed E-state index contributed by atoms with van der Waals surface area (Å²) in [4.78, 5) is 11.9. The molecule has 0 spiro atoms. The fourth-order valence-electron chi connectivity index (χ4n) is 2.85. The zero-order chi connectivity index (χ0) is 20.7. The SMILES string of the molecule is CC(Cc1ccc(C(=O)OC(C)C)cc1)NCC(O)c1ccc(O)c(CO)c1. The summed E-state index contributed by atoms with van der Waals surface area (Å²) in [5.41, 5.74) is 2.62. The third-order valence-electron chi connectivity index (χ3n) is 4.39. The highest BCUT2D eigenvalue weighted by molar-refractivity contribution is 5.89. The van der Waals surface area contributed by atoms with Crippen molar-refractivity contribution in [1.29, 1.82) is 0 Å². The van der Waals surface area contributed by atoms with E-state index in [9.17, 15) is 20.1 Å². The van der Waals surface area contributed by atoms with Crippen molar-refractivity contribution in [3.05, 3.63) is 64.7 Å². The molecule has 0 radical (unpaired) electrons. The van der Waals surface area contributed by atoms with E-state index >= 15 is 0 Å². The molecule has 6 heteroatoms. The highest BCUT2D eigenvalue weighted by atomic mass is 16.5. The van der Waals surface area contributed by atoms with Crippen LogP contribution in [0.25, 0.3) is 0 Å². The smallest absolute Gasteiger partial charge is 0.338 e. The van der Waals surface area contributed by atoms with Gasteiger partial charge in [0, 0.05) is 18.2 Å². The van der Waals surface area contributed by atoms with Gasteiger partial charge in [0.05, 0.1) is 24.4 Å². The molecule has 0 bridgehead atoms. The standard InChI is InChI=1S/C22H29NO5/c1-14(2)28-22(27)17-6-4-16(5-7-17)10-15(3)23-12-21(26)18-8-9-20(25)19(11-18)13-24/h4-9,11,14-15,21,23-26H,10,12-13H2,1-3H3. The Morgan fingerprint density at radius 3 is 2.39 bits per heavy atom. The van der Waals surface area contributed by atoms with Gasteiger partial charge in [-0.15, -0.1) is 0 Å². The minimum atomic E-state index is -0.749. The number of nitrogens with one attached hydrogen (secondary N) is 1. The van der Waals surface area contributed by atoms with Crippen LogP contribution in [0.3, 0.4) is 0 Å². The van der Waals surface area contributed by atoms with Crippen LogP contribution in [0.2, 0.25) is 0 Å². The number of hydrogen-bond donors (Lipinski definition) is 4. The van der Waals surface area contributed by atoms with Crippen molar-refractivity contribution in [3.8, 4) is 5.75 Å². The van der Waals surface area contributed by atoms with Crippen LogP contribution in [0.4, 0.5) is 0 Å². The van der Waals surface area contributed by atoms with Crippen molar-refractivity contribution in [2.24, 2.45) is 0 Å². The maximum absolute atomic E-state index is 11.9. The van der Waals surface area contributed by atoms with Gasteiger partial charge >= 0.3 is 5.97 Å². The van der Waals surface area contributed by atoms with E-state index in [-0.39, 0.29) is 30.5 Å². The predicted molar refractivity (Wildman–Crippen MR) is 107 cm³/mol. The Morgan fingerprint density at radius 2 is 1.79 bits per heavy atom. The molecule has 0 fully saturated rings. The summed E-state index contributed by atoms with van der Waals surface area (Å²) < 4.78 is 5.18. The molecule has 0 amide bonds. The van der Waals surface area contributed by atoms with Crippen LogP contribution in [-0.2, 0) is 17.8 Å². The van der Waals surface area contributed by atoms with Crippen molar-refractivity contribution >= 4 is 5.97 Å². The molecule has 2 aromatic carbocycles. The lowest BCUT2D eigenvalue weighted by Gasteiger charge is -2.18. The zero-order valence-corrected chi connectivity index (χ0v) is 16.6. The Balaban J connectivity index is 1.86. The molecule has 28 heavy (non-hydrogen) atoms. The van der Waals surface area contributed by atoms with Crippen molar-refractivity contribution in [1.82, 2.24) is 5.32 Å². The fraction of sp³-hybridized carbons (Fsp3) is 0.409. The predicted octanol–water partition coefficient (Wildman–Crippen LogP) is 2.70. The molecule has 0 saturated carbocycles. The first-order valence-electron chi connectivity index (χ1n) is 9.44. The molecule has 0 aliphatic carbocycles. The van der Waals surface area contributed by atoms with Crippen LogP contribution in [0.5, 0.6) is 5.75 Å². The number of benzene rings is 2. The number of carbonyl (C=O) groups excluding carboxylic acids is 1. The van der Waals surface area contributed by atoms with E-state index in [4.69, 9.17) is 4.74 Å². The molecule has 2 unspecified atom stereocenters. The van der Waals surface area contributed by atoms with Crippen LogP contribution >= 0.6 is 0 Å². The summed E-state index contributed by atoms with van der Waals surface area (Å²) in [7, 11) is 0. The van der Waals surface area contributed by atoms with E-state index in [1.54, 1.807) is 24.3 Å². The molecular weight excluding hydrogens is 358 g/mol. The first kappa shape index (κ1) is 21.9. The average Bonchev–Trinajstić information content (AvgIpc) is 2.66. The molecule has 4 N–H and O–H groups in total. The minimum Gasteiger partial charge on any atom is -0.508 e. The molecule has 2 rings (SSSR count). The number of aliphatic hydroxyl groups is 2. The third-order valence-corrected chi connectivity index (χ3v) is 4.39. The van der Waals surface area contributed by atoms with Crippen LogP contribution in [0, 0.1) is 0 Å². The third kappa shape index (κ3) is 6.34. The van der Waals surface area contributed by atoms with Gasteiger partial charge < -0.3 is 25.4 Å². The molecule has 0 heterocycles. The van der Waals surface area contributed by atoms with Crippen LogP contribution in [0.15, 0.2) is 42.5 Å². The second-order valence-electron chi connectivity index (χ2n) is 7.23. The van der Waals surface area contributed by atoms with E-state index in [2.05, 4.69) is 5.32 Å². The van der Waals surface area contributed by atoms with Gasteiger partial charge in [0.2, 0.25) is 0 Å². The fourth-order valence-corrected chi connectivity index (χ4v) is 2.85. The lowest BCUT2D eigenvalue weighted by molar-refractivity contribution is 0.0378. The van der Waals surface area contributed by atoms with Crippen LogP contribution in [0.1, 0.15) is 53.9 Å². The van der Waals surface area contributed by atoms with E-state index < -0.39 is 6.10 Å². The van der Waals surface area contributed by atoms with Crippen LogP contribution in [-0.4, -0.2) is 40.0 Å². The summed E-state index contributed by atoms with van der Waals surface area (Å²) in [5, 5.41) is 32.4. The number of hydrogen-bond acceptors (Lipinski definition) is 6. The number of esters is 1. The van der Waals surface area contributed by atoms with E-state index in [0.717, 1.165) is 12.0 Å². The molecule has 6 nitrogen and oxygen atoms in total. The minimum absolute atomic E-state index is 0.0144. The zero-order valence-electron chi connectivity index (χ0n) is 16.6. The first-order valence-corrected chi connectivity index (χ1v) is 9.44. The van der Waals surface area contributed by atoms with Gasteiger partial charge in [0.1, 0.15) is 5.75 Å². The Hall–Kier alpha value is -2.41. The number of carbonyl (C=O) groups is 1. The summed E-state index contributed by atoms with van der Waals surface area (Å²) in [6.45, 7) is 5.71. The second kappa shape index (κ2) is 10.2. The summed E-state index contributed by atoms with van der Waals surface area (Å²) in [6.07, 6.45) is -0.157. The van der Waals surface area contributed by atoms with Crippen molar-refractivity contribution in [2.45, 2.75) is 52.0 Å². The molecule has 0 aliphatic rings. The summed E-state index contributed by atoms with van der Waals surface area (Å²) >= 11 is 0. The maximum Gasteiger partial charge on any atom is 0.338 e. The molecule has 2 aromatic rings. The summed E-state index contributed by atoms with van der Waals surface area (Å²) in [5.74, 6) is -0.313. The lowest BCUT2D eigenvalue weighted by atomic mass is 10.0. The number of aliphatic hydroxyl groups excluding tert-OH is 2. The molecule has 0 aliphatic heterocycles. The molecular formula is C22H29NO5. The van der Waals surface area contributed by atoms with E-state index in [0.29, 0.717) is 23.2 Å². The highest BCUT2D eigenvalue weighted by Gasteiger charge is 2.13. The van der Waals surface area contributed by atoms with Crippen LogP contribution < -0.4 is 5.32 Å². The van der Waals surface area contributed by atoms with E-state index in [1.807, 2.05) is 32.9 Å². The Morgan fingerprint density at radius 1 is 1.11 bits per heavy atom. The monoisotopic (exact) mass is 387 g/mol. The summed E-state index contributed by atoms with van der Waals surface area (Å²) in [6, 6.07) is 12.1. The topological polar surface area (TPSA) is 99.0 Å². The Labute approximate surface area is 165 Å². The van der Waals surface area contributed by atoms with Gasteiger partial charge in [-0.2, -0.15) is 0 Å². The average molecular weight is 387 g/mol. The number of phenols is 1. The van der Waals surface area contributed by atoms with Crippen molar-refractivity contribution < 1.29 is 24.9 Å². The van der Waals surface area contributed by atoms with Crippen molar-refractivity contribution in [2.75, 3.05) is 6.54 Å². The molecule has 152 valence electrons. The first-order chi connectivity index (χ1) is 13.3. The van der Waals surface area contributed by atoms with Gasteiger partial charge in [0.15, 0.2) is 0 Å². The van der Waals surface area contributed by atoms with E-state index in [1.165, 1.54) is 6.07 Å². The van der Waals surface area contributed by atoms with Gasteiger partial charge in [-0.3, -0.25) is 0 Å². The largest absolute Gasteiger partial charge is 0.508 e. The number of aromatic hydroxyl groups is 1. The normalized spacial score (nSPS) is 13.4. The maximum atomic E-state index is 11.9. The number of ether oxygens (including phenoxy) is 1. The highest BCUT2D eigenvalue weighted by Crippen LogP contribution is 2.22. The second-order valence-corrected chi connectivity index (χ2v) is 7.23. The Bertz CT molecular complexity index is 773. The lowest BCUT2D eigenvalue weighted by Crippen LogP contribution is -2.32.